The molecule has 18 heavy (non-hydrogen) atoms. The lowest BCUT2D eigenvalue weighted by molar-refractivity contribution is 0.474. The van der Waals surface area contributed by atoms with E-state index in [-0.39, 0.29) is 16.7 Å². The van der Waals surface area contributed by atoms with E-state index in [1.807, 2.05) is 17.5 Å². The molecule has 6 heteroatoms. The van der Waals surface area contributed by atoms with E-state index in [1.54, 1.807) is 6.92 Å². The Balaban J connectivity index is 2.20. The number of phenolic OH excluding ortho intramolecular Hbond substituents is 1. The number of aromatic hydroxyl groups is 1. The van der Waals surface area contributed by atoms with Gasteiger partial charge in [-0.15, -0.1) is 11.3 Å². The number of nitrogens with one attached hydrogen (secondary N) is 1. The quantitative estimate of drug-likeness (QED) is 0.906. The zero-order valence-electron chi connectivity index (χ0n) is 9.70. The third-order valence-electron chi connectivity index (χ3n) is 2.45. The molecular weight excluding hydrogens is 270 g/mol. The number of rotatable bonds is 4. The Morgan fingerprint density at radius 2 is 1.89 bits per heavy atom. The summed E-state index contributed by atoms with van der Waals surface area (Å²) in [5.41, 5.74) is 0. The van der Waals surface area contributed by atoms with Crippen LogP contribution in [0.1, 0.15) is 17.8 Å². The summed E-state index contributed by atoms with van der Waals surface area (Å²) < 4.78 is 26.7. The van der Waals surface area contributed by atoms with Gasteiger partial charge in [0.25, 0.3) is 0 Å². The molecule has 1 aromatic heterocycles. The smallest absolute Gasteiger partial charge is 0.241 e. The molecule has 96 valence electrons. The SMILES string of the molecule is CC(NS(=O)(=O)c1ccc(O)cc1)c1cccs1. The topological polar surface area (TPSA) is 66.4 Å². The van der Waals surface area contributed by atoms with Gasteiger partial charge >= 0.3 is 0 Å². The van der Waals surface area contributed by atoms with Crippen molar-refractivity contribution in [2.75, 3.05) is 0 Å². The van der Waals surface area contributed by atoms with Gasteiger partial charge in [0.05, 0.1) is 10.9 Å². The van der Waals surface area contributed by atoms with Crippen LogP contribution in [-0.4, -0.2) is 13.5 Å². The molecule has 0 aliphatic rings. The van der Waals surface area contributed by atoms with Gasteiger partial charge in [0.15, 0.2) is 0 Å². The van der Waals surface area contributed by atoms with Crippen LogP contribution < -0.4 is 4.72 Å². The second kappa shape index (κ2) is 5.09. The highest BCUT2D eigenvalue weighted by atomic mass is 32.2. The average Bonchev–Trinajstić information content (AvgIpc) is 2.82. The first-order valence-corrected chi connectivity index (χ1v) is 7.70. The fourth-order valence-corrected chi connectivity index (χ4v) is 3.55. The van der Waals surface area contributed by atoms with Crippen LogP contribution >= 0.6 is 11.3 Å². The van der Waals surface area contributed by atoms with Gasteiger partial charge in [-0.1, -0.05) is 6.07 Å². The molecular formula is C12H13NO3S2. The van der Waals surface area contributed by atoms with E-state index in [2.05, 4.69) is 4.72 Å². The van der Waals surface area contributed by atoms with Crippen molar-refractivity contribution in [1.82, 2.24) is 4.72 Å². The number of phenols is 1. The van der Waals surface area contributed by atoms with Crippen molar-refractivity contribution in [2.45, 2.75) is 17.9 Å². The van der Waals surface area contributed by atoms with Crippen LogP contribution in [0.15, 0.2) is 46.7 Å². The van der Waals surface area contributed by atoms with Crippen LogP contribution in [-0.2, 0) is 10.0 Å². The number of thiophene rings is 1. The molecule has 0 saturated heterocycles. The highest BCUT2D eigenvalue weighted by Gasteiger charge is 2.18. The predicted octanol–water partition coefficient (Wildman–Crippen LogP) is 2.49. The molecule has 0 fully saturated rings. The fourth-order valence-electron chi connectivity index (χ4n) is 1.52. The van der Waals surface area contributed by atoms with Crippen molar-refractivity contribution in [3.63, 3.8) is 0 Å². The lowest BCUT2D eigenvalue weighted by Gasteiger charge is -2.12. The van der Waals surface area contributed by atoms with Gasteiger partial charge < -0.3 is 5.11 Å². The summed E-state index contributed by atoms with van der Waals surface area (Å²) >= 11 is 1.50. The third kappa shape index (κ3) is 2.90. The monoisotopic (exact) mass is 283 g/mol. The van der Waals surface area contributed by atoms with Gasteiger partial charge in [0.1, 0.15) is 5.75 Å². The van der Waals surface area contributed by atoms with Crippen LogP contribution in [0.5, 0.6) is 5.75 Å². The van der Waals surface area contributed by atoms with E-state index in [1.165, 1.54) is 35.6 Å². The molecule has 2 rings (SSSR count). The van der Waals surface area contributed by atoms with Crippen molar-refractivity contribution in [2.24, 2.45) is 0 Å². The number of benzene rings is 1. The molecule has 0 amide bonds. The van der Waals surface area contributed by atoms with Crippen molar-refractivity contribution >= 4 is 21.4 Å². The number of hydrogen-bond acceptors (Lipinski definition) is 4. The van der Waals surface area contributed by atoms with E-state index in [9.17, 15) is 8.42 Å². The van der Waals surface area contributed by atoms with Gasteiger partial charge in [-0.3, -0.25) is 0 Å². The van der Waals surface area contributed by atoms with E-state index in [0.29, 0.717) is 0 Å². The molecule has 4 nitrogen and oxygen atoms in total. The van der Waals surface area contributed by atoms with Crippen molar-refractivity contribution in [3.8, 4) is 5.75 Å². The predicted molar refractivity (Wildman–Crippen MR) is 71.2 cm³/mol. The highest BCUT2D eigenvalue weighted by Crippen LogP contribution is 2.21. The average molecular weight is 283 g/mol. The zero-order chi connectivity index (χ0) is 13.2. The third-order valence-corrected chi connectivity index (χ3v) is 5.06. The van der Waals surface area contributed by atoms with Crippen LogP contribution in [0.25, 0.3) is 0 Å². The molecule has 1 heterocycles. The molecule has 0 aliphatic heterocycles. The molecule has 1 aromatic carbocycles. The summed E-state index contributed by atoms with van der Waals surface area (Å²) in [5.74, 6) is 0.0419. The first-order chi connectivity index (χ1) is 8.49. The largest absolute Gasteiger partial charge is 0.508 e. The summed E-state index contributed by atoms with van der Waals surface area (Å²) in [6.07, 6.45) is 0. The van der Waals surface area contributed by atoms with Crippen LogP contribution in [0.4, 0.5) is 0 Å². The zero-order valence-corrected chi connectivity index (χ0v) is 11.3. The molecule has 0 saturated carbocycles. The van der Waals surface area contributed by atoms with Gasteiger partial charge in [0.2, 0.25) is 10.0 Å². The maximum atomic E-state index is 12.1. The van der Waals surface area contributed by atoms with Crippen LogP contribution in [0, 0.1) is 0 Å². The molecule has 0 bridgehead atoms. The van der Waals surface area contributed by atoms with E-state index in [4.69, 9.17) is 5.11 Å². The van der Waals surface area contributed by atoms with Crippen LogP contribution in [0.2, 0.25) is 0 Å². The van der Waals surface area contributed by atoms with E-state index >= 15 is 0 Å². The first kappa shape index (κ1) is 13.1. The Hall–Kier alpha value is -1.37. The molecule has 1 unspecified atom stereocenters. The van der Waals surface area contributed by atoms with Crippen molar-refractivity contribution in [3.05, 3.63) is 46.7 Å². The van der Waals surface area contributed by atoms with Gasteiger partial charge in [0, 0.05) is 4.88 Å². The standard InChI is InChI=1S/C12H13NO3S2/c1-9(12-3-2-8-17-12)13-18(15,16)11-6-4-10(14)5-7-11/h2-9,13-14H,1H3. The lowest BCUT2D eigenvalue weighted by Crippen LogP contribution is -2.26. The second-order valence-corrected chi connectivity index (χ2v) is 6.55. The number of hydrogen-bond donors (Lipinski definition) is 2. The van der Waals surface area contributed by atoms with E-state index in [0.717, 1.165) is 4.88 Å². The Kier molecular flexibility index (Phi) is 3.70. The lowest BCUT2D eigenvalue weighted by atomic mass is 10.3. The molecule has 0 radical (unpaired) electrons. The first-order valence-electron chi connectivity index (χ1n) is 5.34. The Bertz CT molecular complexity index is 603. The van der Waals surface area contributed by atoms with Gasteiger partial charge in [-0.25, -0.2) is 13.1 Å². The minimum absolute atomic E-state index is 0.0419. The summed E-state index contributed by atoms with van der Waals surface area (Å²) in [4.78, 5) is 1.10. The Labute approximate surface area is 110 Å². The highest BCUT2D eigenvalue weighted by molar-refractivity contribution is 7.89. The summed E-state index contributed by atoms with van der Waals surface area (Å²) in [7, 11) is -3.56. The van der Waals surface area contributed by atoms with Crippen LogP contribution in [0.3, 0.4) is 0 Å². The summed E-state index contributed by atoms with van der Waals surface area (Å²) in [6.45, 7) is 1.80. The number of sulfonamides is 1. The molecule has 2 aromatic rings. The summed E-state index contributed by atoms with van der Waals surface area (Å²) in [6, 6.07) is 8.94. The molecule has 2 N–H and O–H groups in total. The van der Waals surface area contributed by atoms with Crippen molar-refractivity contribution in [1.29, 1.82) is 0 Å². The Morgan fingerprint density at radius 1 is 1.22 bits per heavy atom. The summed E-state index contributed by atoms with van der Waals surface area (Å²) in [5, 5.41) is 11.0. The molecule has 1 atom stereocenters. The fraction of sp³-hybridized carbons (Fsp3) is 0.167. The minimum atomic E-state index is -3.56. The maximum absolute atomic E-state index is 12.1. The maximum Gasteiger partial charge on any atom is 0.241 e. The van der Waals surface area contributed by atoms with Gasteiger partial charge in [-0.05, 0) is 42.6 Å². The molecule has 0 spiro atoms. The second-order valence-electron chi connectivity index (χ2n) is 3.85. The Morgan fingerprint density at radius 3 is 2.44 bits per heavy atom. The molecule has 0 aliphatic carbocycles. The van der Waals surface area contributed by atoms with Crippen molar-refractivity contribution < 1.29 is 13.5 Å². The normalized spacial score (nSPS) is 13.4. The van der Waals surface area contributed by atoms with E-state index < -0.39 is 10.0 Å². The minimum Gasteiger partial charge on any atom is -0.508 e. The van der Waals surface area contributed by atoms with Gasteiger partial charge in [-0.2, -0.15) is 0 Å².